The maximum Gasteiger partial charge on any atom is 0.188 e. The predicted molar refractivity (Wildman–Crippen MR) is 76.7 cm³/mol. The molecule has 2 rings (SSSR count). The summed E-state index contributed by atoms with van der Waals surface area (Å²) in [5.74, 6) is 0.631. The van der Waals surface area contributed by atoms with Crippen LogP contribution in [0.3, 0.4) is 0 Å². The largest absolute Gasteiger partial charge is 0.370 e. The molecule has 4 heteroatoms. The van der Waals surface area contributed by atoms with Gasteiger partial charge < -0.3 is 11.1 Å². The Morgan fingerprint density at radius 1 is 1.44 bits per heavy atom. The summed E-state index contributed by atoms with van der Waals surface area (Å²) in [6.07, 6.45) is 6.56. The zero-order chi connectivity index (χ0) is 13.0. The van der Waals surface area contributed by atoms with Crippen LogP contribution in [0.4, 0.5) is 0 Å². The average Bonchev–Trinajstić information content (AvgIpc) is 2.78. The highest BCUT2D eigenvalue weighted by Crippen LogP contribution is 2.40. The molecule has 2 fully saturated rings. The number of likely N-dealkylation sites (N-methyl/N-ethyl adjacent to an activating group) is 1. The lowest BCUT2D eigenvalue weighted by molar-refractivity contribution is 0.173. The van der Waals surface area contributed by atoms with Crippen LogP contribution in [-0.4, -0.2) is 43.1 Å². The van der Waals surface area contributed by atoms with Crippen LogP contribution in [0.15, 0.2) is 4.99 Å². The molecule has 3 N–H and O–H groups in total. The Labute approximate surface area is 111 Å². The molecule has 1 unspecified atom stereocenters. The molecule has 0 aromatic rings. The minimum absolute atomic E-state index is 0.426. The van der Waals surface area contributed by atoms with Gasteiger partial charge in [0.2, 0.25) is 0 Å². The number of likely N-dealkylation sites (tertiary alicyclic amines) is 1. The first kappa shape index (κ1) is 13.7. The second-order valence-corrected chi connectivity index (χ2v) is 6.17. The number of aliphatic imine (C=N–C) groups is 1. The molecule has 0 radical (unpaired) electrons. The van der Waals surface area contributed by atoms with Gasteiger partial charge in [-0.1, -0.05) is 20.3 Å². The van der Waals surface area contributed by atoms with Crippen molar-refractivity contribution >= 4 is 5.96 Å². The zero-order valence-electron chi connectivity index (χ0n) is 11.9. The summed E-state index contributed by atoms with van der Waals surface area (Å²) >= 11 is 0. The first-order valence-corrected chi connectivity index (χ1v) is 7.41. The van der Waals surface area contributed by atoms with Crippen molar-refractivity contribution in [3.63, 3.8) is 0 Å². The maximum absolute atomic E-state index is 5.95. The topological polar surface area (TPSA) is 53.6 Å². The smallest absolute Gasteiger partial charge is 0.188 e. The van der Waals surface area contributed by atoms with E-state index in [-0.39, 0.29) is 0 Å². The molecule has 0 aromatic heterocycles. The van der Waals surface area contributed by atoms with Crippen molar-refractivity contribution in [2.45, 2.75) is 52.0 Å². The van der Waals surface area contributed by atoms with Gasteiger partial charge in [0, 0.05) is 19.1 Å². The van der Waals surface area contributed by atoms with E-state index in [1.165, 1.54) is 38.6 Å². The predicted octanol–water partition coefficient (Wildman–Crippen LogP) is 1.57. The standard InChI is InChI=1S/C14H28N4/c1-3-18-9-4-6-12(18)10-16-13(15)17-11-14(2)7-5-8-14/h12H,3-11H2,1-2H3,(H3,15,16,17). The van der Waals surface area contributed by atoms with E-state index >= 15 is 0 Å². The van der Waals surface area contributed by atoms with E-state index < -0.39 is 0 Å². The number of nitrogens with zero attached hydrogens (tertiary/aromatic N) is 2. The molecule has 0 bridgehead atoms. The number of rotatable bonds is 5. The van der Waals surface area contributed by atoms with Crippen molar-refractivity contribution in [3.05, 3.63) is 0 Å². The number of nitrogens with one attached hydrogen (secondary N) is 1. The fourth-order valence-corrected chi connectivity index (χ4v) is 3.04. The summed E-state index contributed by atoms with van der Waals surface area (Å²) < 4.78 is 0. The van der Waals surface area contributed by atoms with E-state index in [0.29, 0.717) is 17.4 Å². The molecule has 0 spiro atoms. The summed E-state index contributed by atoms with van der Waals surface area (Å²) in [6, 6.07) is 0.642. The van der Waals surface area contributed by atoms with Gasteiger partial charge in [0.15, 0.2) is 5.96 Å². The van der Waals surface area contributed by atoms with Crippen molar-refractivity contribution in [2.75, 3.05) is 26.2 Å². The molecule has 1 saturated carbocycles. The number of nitrogens with two attached hydrogens (primary N) is 1. The van der Waals surface area contributed by atoms with Crippen LogP contribution in [-0.2, 0) is 0 Å². The lowest BCUT2D eigenvalue weighted by Crippen LogP contribution is -2.43. The number of hydrogen-bond donors (Lipinski definition) is 2. The third kappa shape index (κ3) is 3.37. The van der Waals surface area contributed by atoms with Gasteiger partial charge in [0.1, 0.15) is 0 Å². The van der Waals surface area contributed by atoms with Crippen LogP contribution in [0, 0.1) is 5.41 Å². The van der Waals surface area contributed by atoms with Crippen molar-refractivity contribution < 1.29 is 0 Å². The van der Waals surface area contributed by atoms with Crippen LogP contribution in [0.25, 0.3) is 0 Å². The first-order chi connectivity index (χ1) is 8.63. The third-order valence-electron chi connectivity index (χ3n) is 4.62. The van der Waals surface area contributed by atoms with Crippen molar-refractivity contribution in [2.24, 2.45) is 16.1 Å². The summed E-state index contributed by atoms with van der Waals surface area (Å²) in [6.45, 7) is 8.74. The van der Waals surface area contributed by atoms with Crippen LogP contribution >= 0.6 is 0 Å². The van der Waals surface area contributed by atoms with E-state index in [1.807, 2.05) is 0 Å². The lowest BCUT2D eigenvalue weighted by Gasteiger charge is -2.36. The minimum atomic E-state index is 0.426. The Morgan fingerprint density at radius 3 is 2.83 bits per heavy atom. The Morgan fingerprint density at radius 2 is 2.22 bits per heavy atom. The molecular weight excluding hydrogens is 224 g/mol. The molecule has 1 atom stereocenters. The van der Waals surface area contributed by atoms with Crippen LogP contribution in [0.1, 0.15) is 46.0 Å². The fraction of sp³-hybridized carbons (Fsp3) is 0.929. The molecular formula is C14H28N4. The molecule has 1 saturated heterocycles. The van der Waals surface area contributed by atoms with E-state index in [1.54, 1.807) is 0 Å². The normalized spacial score (nSPS) is 28.1. The first-order valence-electron chi connectivity index (χ1n) is 7.41. The van der Waals surface area contributed by atoms with Crippen LogP contribution in [0.5, 0.6) is 0 Å². The monoisotopic (exact) mass is 252 g/mol. The minimum Gasteiger partial charge on any atom is -0.370 e. The Hall–Kier alpha value is -0.770. The molecule has 1 heterocycles. The zero-order valence-corrected chi connectivity index (χ0v) is 11.9. The summed E-state index contributed by atoms with van der Waals surface area (Å²) in [5.41, 5.74) is 6.37. The highest BCUT2D eigenvalue weighted by atomic mass is 15.2. The second kappa shape index (κ2) is 5.91. The molecule has 104 valence electrons. The van der Waals surface area contributed by atoms with Crippen molar-refractivity contribution in [1.82, 2.24) is 10.2 Å². The van der Waals surface area contributed by atoms with Gasteiger partial charge in [-0.25, -0.2) is 0 Å². The highest BCUT2D eigenvalue weighted by Gasteiger charge is 2.31. The van der Waals surface area contributed by atoms with Crippen molar-refractivity contribution in [1.29, 1.82) is 0 Å². The Balaban J connectivity index is 1.70. The van der Waals surface area contributed by atoms with Crippen molar-refractivity contribution in [3.8, 4) is 0 Å². The van der Waals surface area contributed by atoms with Gasteiger partial charge in [-0.3, -0.25) is 9.89 Å². The maximum atomic E-state index is 5.95. The van der Waals surface area contributed by atoms with Gasteiger partial charge in [-0.05, 0) is 44.2 Å². The van der Waals surface area contributed by atoms with Crippen LogP contribution < -0.4 is 11.1 Å². The van der Waals surface area contributed by atoms with E-state index in [0.717, 1.165) is 19.6 Å². The average molecular weight is 252 g/mol. The van der Waals surface area contributed by atoms with Gasteiger partial charge in [0.05, 0.1) is 0 Å². The summed E-state index contributed by atoms with van der Waals surface area (Å²) in [5, 5.41) is 3.30. The summed E-state index contributed by atoms with van der Waals surface area (Å²) in [4.78, 5) is 7.02. The molecule has 18 heavy (non-hydrogen) atoms. The lowest BCUT2D eigenvalue weighted by atomic mass is 9.71. The molecule has 0 amide bonds. The third-order valence-corrected chi connectivity index (χ3v) is 4.62. The Bertz CT molecular complexity index is 296. The molecule has 1 aliphatic heterocycles. The van der Waals surface area contributed by atoms with Gasteiger partial charge in [0.25, 0.3) is 0 Å². The van der Waals surface area contributed by atoms with Gasteiger partial charge in [-0.2, -0.15) is 0 Å². The van der Waals surface area contributed by atoms with Gasteiger partial charge in [-0.15, -0.1) is 0 Å². The van der Waals surface area contributed by atoms with E-state index in [9.17, 15) is 0 Å². The number of hydrogen-bond acceptors (Lipinski definition) is 2. The quantitative estimate of drug-likeness (QED) is 0.577. The second-order valence-electron chi connectivity index (χ2n) is 6.17. The van der Waals surface area contributed by atoms with E-state index in [2.05, 4.69) is 29.1 Å². The fourth-order valence-electron chi connectivity index (χ4n) is 3.04. The molecule has 2 aliphatic rings. The van der Waals surface area contributed by atoms with Crippen LogP contribution in [0.2, 0.25) is 0 Å². The molecule has 4 nitrogen and oxygen atoms in total. The summed E-state index contributed by atoms with van der Waals surface area (Å²) in [7, 11) is 0. The van der Waals surface area contributed by atoms with E-state index in [4.69, 9.17) is 5.73 Å². The molecule has 1 aliphatic carbocycles. The SMILES string of the molecule is CCN1CCCC1CNC(N)=NCC1(C)CCC1. The number of guanidine groups is 1. The highest BCUT2D eigenvalue weighted by molar-refractivity contribution is 5.77. The molecule has 0 aromatic carbocycles. The van der Waals surface area contributed by atoms with Gasteiger partial charge >= 0.3 is 0 Å². The Kier molecular flexibility index (Phi) is 4.49.